The van der Waals surface area contributed by atoms with Crippen molar-refractivity contribution in [2.45, 2.75) is 20.4 Å². The molecule has 0 saturated heterocycles. The number of pyridine rings is 2. The average Bonchev–Trinajstić information content (AvgIpc) is 3.04. The van der Waals surface area contributed by atoms with Crippen LogP contribution in [0.25, 0.3) is 33.4 Å². The van der Waals surface area contributed by atoms with Crippen LogP contribution in [0.2, 0.25) is 0 Å². The van der Waals surface area contributed by atoms with E-state index in [0.717, 1.165) is 45.5 Å². The van der Waals surface area contributed by atoms with Crippen molar-refractivity contribution in [2.24, 2.45) is 0 Å². The Morgan fingerprint density at radius 2 is 1.79 bits per heavy atom. The SMILES string of the molecule is CCn1ncc2c(-c3cncc(C)c3)cc(-c3ccccc3)nc21. The topological polar surface area (TPSA) is 43.6 Å². The normalized spacial score (nSPS) is 11.1. The molecule has 3 aromatic heterocycles. The van der Waals surface area contributed by atoms with E-state index in [0.29, 0.717) is 0 Å². The molecule has 0 aliphatic carbocycles. The molecule has 4 rings (SSSR count). The van der Waals surface area contributed by atoms with Crippen molar-refractivity contribution in [3.63, 3.8) is 0 Å². The Bertz CT molecular complexity index is 1000. The fourth-order valence-corrected chi connectivity index (χ4v) is 2.98. The summed E-state index contributed by atoms with van der Waals surface area (Å²) in [4.78, 5) is 9.21. The zero-order valence-corrected chi connectivity index (χ0v) is 13.8. The van der Waals surface area contributed by atoms with Crippen molar-refractivity contribution in [1.82, 2.24) is 19.7 Å². The molecule has 0 N–H and O–H groups in total. The number of benzene rings is 1. The van der Waals surface area contributed by atoms with Crippen molar-refractivity contribution in [3.8, 4) is 22.4 Å². The standard InChI is InChI=1S/C20H18N4/c1-3-24-20-18(13-22-24)17(16-9-14(2)11-21-12-16)10-19(23-20)15-7-5-4-6-8-15/h4-13H,3H2,1-2H3. The van der Waals surface area contributed by atoms with E-state index in [-0.39, 0.29) is 0 Å². The summed E-state index contributed by atoms with van der Waals surface area (Å²) < 4.78 is 1.94. The third-order valence-corrected chi connectivity index (χ3v) is 4.16. The monoisotopic (exact) mass is 314 g/mol. The van der Waals surface area contributed by atoms with Crippen molar-refractivity contribution in [2.75, 3.05) is 0 Å². The molecule has 0 atom stereocenters. The van der Waals surface area contributed by atoms with Gasteiger partial charge >= 0.3 is 0 Å². The van der Waals surface area contributed by atoms with E-state index in [2.05, 4.69) is 48.2 Å². The molecule has 0 radical (unpaired) electrons. The molecule has 0 amide bonds. The van der Waals surface area contributed by atoms with Gasteiger partial charge in [0.1, 0.15) is 0 Å². The van der Waals surface area contributed by atoms with Gasteiger partial charge in [0.15, 0.2) is 5.65 Å². The summed E-state index contributed by atoms with van der Waals surface area (Å²) in [7, 11) is 0. The van der Waals surface area contributed by atoms with Crippen LogP contribution in [0.4, 0.5) is 0 Å². The Kier molecular flexibility index (Phi) is 3.58. The second-order valence-corrected chi connectivity index (χ2v) is 5.87. The van der Waals surface area contributed by atoms with Crippen LogP contribution in [0.3, 0.4) is 0 Å². The molecule has 3 heterocycles. The first-order valence-electron chi connectivity index (χ1n) is 8.10. The maximum absolute atomic E-state index is 4.86. The summed E-state index contributed by atoms with van der Waals surface area (Å²) in [6.07, 6.45) is 5.67. The molecule has 0 aliphatic rings. The Balaban J connectivity index is 2.03. The van der Waals surface area contributed by atoms with E-state index in [1.54, 1.807) is 0 Å². The summed E-state index contributed by atoms with van der Waals surface area (Å²) in [5.74, 6) is 0. The second-order valence-electron chi connectivity index (χ2n) is 5.87. The van der Waals surface area contributed by atoms with E-state index < -0.39 is 0 Å². The van der Waals surface area contributed by atoms with Gasteiger partial charge in [0, 0.05) is 35.5 Å². The van der Waals surface area contributed by atoms with Gasteiger partial charge in [-0.05, 0) is 37.1 Å². The summed E-state index contributed by atoms with van der Waals surface area (Å²) in [5, 5.41) is 5.55. The Labute approximate surface area is 140 Å². The highest BCUT2D eigenvalue weighted by molar-refractivity contribution is 5.94. The Morgan fingerprint density at radius 3 is 2.54 bits per heavy atom. The van der Waals surface area contributed by atoms with Gasteiger partial charge < -0.3 is 0 Å². The molecule has 24 heavy (non-hydrogen) atoms. The first-order valence-corrected chi connectivity index (χ1v) is 8.10. The third-order valence-electron chi connectivity index (χ3n) is 4.16. The highest BCUT2D eigenvalue weighted by Crippen LogP contribution is 2.32. The molecular weight excluding hydrogens is 296 g/mol. The molecule has 0 spiro atoms. The van der Waals surface area contributed by atoms with Crippen LogP contribution in [0.1, 0.15) is 12.5 Å². The van der Waals surface area contributed by atoms with Crippen LogP contribution in [-0.4, -0.2) is 19.7 Å². The number of nitrogens with zero attached hydrogens (tertiary/aromatic N) is 4. The van der Waals surface area contributed by atoms with E-state index in [1.165, 1.54) is 0 Å². The zero-order valence-electron chi connectivity index (χ0n) is 13.8. The molecule has 4 heteroatoms. The minimum Gasteiger partial charge on any atom is -0.264 e. The molecule has 4 nitrogen and oxygen atoms in total. The van der Waals surface area contributed by atoms with Crippen molar-refractivity contribution >= 4 is 11.0 Å². The van der Waals surface area contributed by atoms with Crippen molar-refractivity contribution in [3.05, 3.63) is 66.6 Å². The van der Waals surface area contributed by atoms with E-state index >= 15 is 0 Å². The van der Waals surface area contributed by atoms with Gasteiger partial charge in [0.2, 0.25) is 0 Å². The first-order chi connectivity index (χ1) is 11.8. The van der Waals surface area contributed by atoms with Crippen LogP contribution in [0.15, 0.2) is 61.1 Å². The Morgan fingerprint density at radius 1 is 0.958 bits per heavy atom. The number of hydrogen-bond acceptors (Lipinski definition) is 3. The van der Waals surface area contributed by atoms with Gasteiger partial charge in [-0.25, -0.2) is 9.67 Å². The van der Waals surface area contributed by atoms with Crippen LogP contribution >= 0.6 is 0 Å². The summed E-state index contributed by atoms with van der Waals surface area (Å²) in [6.45, 7) is 4.93. The van der Waals surface area contributed by atoms with Crippen LogP contribution in [-0.2, 0) is 6.54 Å². The van der Waals surface area contributed by atoms with Gasteiger partial charge in [0.25, 0.3) is 0 Å². The van der Waals surface area contributed by atoms with Crippen molar-refractivity contribution in [1.29, 1.82) is 0 Å². The van der Waals surface area contributed by atoms with Gasteiger partial charge in [0.05, 0.1) is 11.9 Å². The van der Waals surface area contributed by atoms with Gasteiger partial charge in [-0.15, -0.1) is 0 Å². The zero-order chi connectivity index (χ0) is 16.5. The number of fused-ring (bicyclic) bond motifs is 1. The summed E-state index contributed by atoms with van der Waals surface area (Å²) in [6, 6.07) is 14.5. The molecule has 4 aromatic rings. The van der Waals surface area contributed by atoms with Gasteiger partial charge in [-0.3, -0.25) is 4.98 Å². The quantitative estimate of drug-likeness (QED) is 0.559. The first kappa shape index (κ1) is 14.6. The lowest BCUT2D eigenvalue weighted by Gasteiger charge is -2.09. The van der Waals surface area contributed by atoms with Gasteiger partial charge in [-0.1, -0.05) is 30.3 Å². The van der Waals surface area contributed by atoms with Crippen LogP contribution in [0, 0.1) is 6.92 Å². The molecule has 0 bridgehead atoms. The molecule has 0 aliphatic heterocycles. The Hall–Kier alpha value is -3.01. The largest absolute Gasteiger partial charge is 0.264 e. The fraction of sp³-hybridized carbons (Fsp3) is 0.150. The summed E-state index contributed by atoms with van der Waals surface area (Å²) in [5.41, 5.74) is 6.32. The molecular formula is C20H18N4. The lowest BCUT2D eigenvalue weighted by Crippen LogP contribution is -1.98. The van der Waals surface area contributed by atoms with Gasteiger partial charge in [-0.2, -0.15) is 5.10 Å². The lowest BCUT2D eigenvalue weighted by atomic mass is 10.0. The predicted molar refractivity (Wildman–Crippen MR) is 96.6 cm³/mol. The highest BCUT2D eigenvalue weighted by Gasteiger charge is 2.13. The van der Waals surface area contributed by atoms with Crippen LogP contribution < -0.4 is 0 Å². The predicted octanol–water partition coefficient (Wildman–Crippen LogP) is 4.49. The number of hydrogen-bond donors (Lipinski definition) is 0. The lowest BCUT2D eigenvalue weighted by molar-refractivity contribution is 0.677. The summed E-state index contributed by atoms with van der Waals surface area (Å²) >= 11 is 0. The third kappa shape index (κ3) is 2.46. The highest BCUT2D eigenvalue weighted by atomic mass is 15.3. The maximum Gasteiger partial charge on any atom is 0.159 e. The number of aromatic nitrogens is 4. The molecule has 118 valence electrons. The molecule has 0 unspecified atom stereocenters. The number of aryl methyl sites for hydroxylation is 2. The fourth-order valence-electron chi connectivity index (χ4n) is 2.98. The average molecular weight is 314 g/mol. The minimum atomic E-state index is 0.792. The van der Waals surface area contributed by atoms with Crippen molar-refractivity contribution < 1.29 is 0 Å². The minimum absolute atomic E-state index is 0.792. The van der Waals surface area contributed by atoms with E-state index in [1.807, 2.05) is 41.5 Å². The molecule has 0 saturated carbocycles. The van der Waals surface area contributed by atoms with E-state index in [9.17, 15) is 0 Å². The molecule has 1 aromatic carbocycles. The van der Waals surface area contributed by atoms with E-state index in [4.69, 9.17) is 4.98 Å². The number of rotatable bonds is 3. The maximum atomic E-state index is 4.86. The smallest absolute Gasteiger partial charge is 0.159 e. The molecule has 0 fully saturated rings. The van der Waals surface area contributed by atoms with Crippen LogP contribution in [0.5, 0.6) is 0 Å². The second kappa shape index (κ2) is 5.89.